The van der Waals surface area contributed by atoms with E-state index in [0.29, 0.717) is 55.8 Å². The number of rotatable bonds is 4. The summed E-state index contributed by atoms with van der Waals surface area (Å²) in [5, 5.41) is 9.03. The second kappa shape index (κ2) is 8.67. The normalized spacial score (nSPS) is 21.0. The van der Waals surface area contributed by atoms with E-state index in [1.807, 2.05) is 0 Å². The van der Waals surface area contributed by atoms with Crippen molar-refractivity contribution in [3.8, 4) is 11.5 Å². The monoisotopic (exact) mass is 396 g/mol. The predicted octanol–water partition coefficient (Wildman–Crippen LogP) is 1.21. The second-order valence-corrected chi connectivity index (χ2v) is 6.91. The van der Waals surface area contributed by atoms with Crippen molar-refractivity contribution < 1.29 is 19.1 Å². The van der Waals surface area contributed by atoms with Crippen LogP contribution in [0.4, 0.5) is 10.5 Å². The number of nitrogens with one attached hydrogen (secondary N) is 3. The van der Waals surface area contributed by atoms with Gasteiger partial charge in [-0.2, -0.15) is 0 Å². The van der Waals surface area contributed by atoms with Crippen LogP contribution in [0.1, 0.15) is 12.8 Å². The van der Waals surface area contributed by atoms with Crippen molar-refractivity contribution in [1.29, 1.82) is 0 Å². The van der Waals surface area contributed by atoms with E-state index < -0.39 is 6.04 Å². The van der Waals surface area contributed by atoms with Crippen molar-refractivity contribution >= 4 is 30.0 Å². The molecule has 1 aromatic carbocycles. The number of urea groups is 1. The van der Waals surface area contributed by atoms with Gasteiger partial charge in [0.15, 0.2) is 11.5 Å². The molecule has 0 aromatic heterocycles. The number of ether oxygens (including phenoxy) is 2. The van der Waals surface area contributed by atoms with E-state index in [1.165, 1.54) is 0 Å². The Hall–Kier alpha value is -2.19. The fourth-order valence-electron chi connectivity index (χ4n) is 3.45. The van der Waals surface area contributed by atoms with E-state index in [1.54, 1.807) is 23.1 Å². The standard InChI is InChI=1S/C18H24N4O4.ClH/c23-17(20-11-12-9-19-10-12)14-2-1-5-22(14)18(24)21-13-3-4-15-16(8-13)26-7-6-25-15;/h3-4,8,12,14,19H,1-2,5-7,9-11H2,(H,20,23)(H,21,24);1H/t14-;/m0./s1. The summed E-state index contributed by atoms with van der Waals surface area (Å²) in [6, 6.07) is 4.65. The second-order valence-electron chi connectivity index (χ2n) is 6.91. The molecular formula is C18H25ClN4O4. The van der Waals surface area contributed by atoms with E-state index in [-0.39, 0.29) is 24.3 Å². The zero-order valence-electron chi connectivity index (χ0n) is 15.0. The van der Waals surface area contributed by atoms with Gasteiger partial charge in [-0.3, -0.25) is 4.79 Å². The smallest absolute Gasteiger partial charge is 0.322 e. The van der Waals surface area contributed by atoms with Crippen LogP contribution in [0, 0.1) is 5.92 Å². The molecule has 8 nitrogen and oxygen atoms in total. The number of anilines is 1. The third kappa shape index (κ3) is 4.39. The van der Waals surface area contributed by atoms with Crippen LogP contribution in [-0.4, -0.2) is 62.3 Å². The van der Waals surface area contributed by atoms with E-state index in [0.717, 1.165) is 19.5 Å². The molecular weight excluding hydrogens is 372 g/mol. The summed E-state index contributed by atoms with van der Waals surface area (Å²) in [7, 11) is 0. The number of hydrogen-bond acceptors (Lipinski definition) is 5. The van der Waals surface area contributed by atoms with Gasteiger partial charge in [0, 0.05) is 43.9 Å². The number of amides is 3. The fraction of sp³-hybridized carbons (Fsp3) is 0.556. The minimum absolute atomic E-state index is 0. The molecule has 0 radical (unpaired) electrons. The van der Waals surface area contributed by atoms with Crippen molar-refractivity contribution in [2.24, 2.45) is 5.92 Å². The van der Waals surface area contributed by atoms with Crippen LogP contribution >= 0.6 is 12.4 Å². The van der Waals surface area contributed by atoms with Crippen molar-refractivity contribution in [3.05, 3.63) is 18.2 Å². The van der Waals surface area contributed by atoms with Gasteiger partial charge in [-0.05, 0) is 25.0 Å². The Morgan fingerprint density at radius 3 is 2.70 bits per heavy atom. The first kappa shape index (κ1) is 19.6. The average molecular weight is 397 g/mol. The molecule has 27 heavy (non-hydrogen) atoms. The average Bonchev–Trinajstić information content (AvgIpc) is 3.10. The highest BCUT2D eigenvalue weighted by Crippen LogP contribution is 2.32. The molecule has 1 aromatic rings. The third-order valence-electron chi connectivity index (χ3n) is 5.04. The number of benzene rings is 1. The first-order valence-corrected chi connectivity index (χ1v) is 9.16. The van der Waals surface area contributed by atoms with Crippen molar-refractivity contribution in [3.63, 3.8) is 0 Å². The van der Waals surface area contributed by atoms with Gasteiger partial charge in [-0.1, -0.05) is 0 Å². The summed E-state index contributed by atoms with van der Waals surface area (Å²) in [5.41, 5.74) is 0.630. The molecule has 0 unspecified atom stereocenters. The van der Waals surface area contributed by atoms with Gasteiger partial charge in [0.05, 0.1) is 0 Å². The minimum atomic E-state index is -0.403. The van der Waals surface area contributed by atoms with Crippen LogP contribution in [-0.2, 0) is 4.79 Å². The number of nitrogens with zero attached hydrogens (tertiary/aromatic N) is 1. The number of halogens is 1. The van der Waals surface area contributed by atoms with Crippen LogP contribution in [0.25, 0.3) is 0 Å². The highest BCUT2D eigenvalue weighted by atomic mass is 35.5. The molecule has 4 rings (SSSR count). The largest absolute Gasteiger partial charge is 0.486 e. The maximum Gasteiger partial charge on any atom is 0.322 e. The van der Waals surface area contributed by atoms with Gasteiger partial charge in [0.2, 0.25) is 5.91 Å². The van der Waals surface area contributed by atoms with Gasteiger partial charge in [-0.25, -0.2) is 4.79 Å². The summed E-state index contributed by atoms with van der Waals surface area (Å²) in [6.07, 6.45) is 1.53. The first-order chi connectivity index (χ1) is 12.7. The van der Waals surface area contributed by atoms with Gasteiger partial charge in [-0.15, -0.1) is 12.4 Å². The zero-order valence-corrected chi connectivity index (χ0v) is 15.8. The Morgan fingerprint density at radius 1 is 1.19 bits per heavy atom. The van der Waals surface area contributed by atoms with Gasteiger partial charge < -0.3 is 30.3 Å². The predicted molar refractivity (Wildman–Crippen MR) is 103 cm³/mol. The Balaban J connectivity index is 0.00000210. The van der Waals surface area contributed by atoms with Crippen LogP contribution in [0.2, 0.25) is 0 Å². The summed E-state index contributed by atoms with van der Waals surface area (Å²) in [5.74, 6) is 1.74. The third-order valence-corrected chi connectivity index (χ3v) is 5.04. The van der Waals surface area contributed by atoms with Crippen LogP contribution in [0.3, 0.4) is 0 Å². The lowest BCUT2D eigenvalue weighted by atomic mass is 10.0. The Morgan fingerprint density at radius 2 is 1.96 bits per heavy atom. The number of carbonyl (C=O) groups is 2. The van der Waals surface area contributed by atoms with Gasteiger partial charge >= 0.3 is 6.03 Å². The van der Waals surface area contributed by atoms with Crippen molar-refractivity contribution in [2.45, 2.75) is 18.9 Å². The van der Waals surface area contributed by atoms with E-state index >= 15 is 0 Å². The molecule has 0 aliphatic carbocycles. The topological polar surface area (TPSA) is 91.9 Å². The molecule has 9 heteroatoms. The van der Waals surface area contributed by atoms with Crippen LogP contribution in [0.15, 0.2) is 18.2 Å². The molecule has 1 atom stereocenters. The molecule has 3 aliphatic rings. The van der Waals surface area contributed by atoms with E-state index in [9.17, 15) is 9.59 Å². The first-order valence-electron chi connectivity index (χ1n) is 9.16. The molecule has 3 heterocycles. The summed E-state index contributed by atoms with van der Waals surface area (Å²) >= 11 is 0. The lowest BCUT2D eigenvalue weighted by Gasteiger charge is -2.29. The Kier molecular flexibility index (Phi) is 6.28. The van der Waals surface area contributed by atoms with Crippen LogP contribution < -0.4 is 25.4 Å². The van der Waals surface area contributed by atoms with Crippen molar-refractivity contribution in [1.82, 2.24) is 15.5 Å². The van der Waals surface area contributed by atoms with Crippen molar-refractivity contribution in [2.75, 3.05) is 44.7 Å². The van der Waals surface area contributed by atoms with Gasteiger partial charge in [0.25, 0.3) is 0 Å². The highest BCUT2D eigenvalue weighted by Gasteiger charge is 2.34. The number of carbonyl (C=O) groups excluding carboxylic acids is 2. The molecule has 2 fully saturated rings. The molecule has 2 saturated heterocycles. The molecule has 0 bridgehead atoms. The van der Waals surface area contributed by atoms with Crippen LogP contribution in [0.5, 0.6) is 11.5 Å². The molecule has 3 N–H and O–H groups in total. The Labute approximate surface area is 164 Å². The minimum Gasteiger partial charge on any atom is -0.486 e. The number of hydrogen-bond donors (Lipinski definition) is 3. The summed E-state index contributed by atoms with van der Waals surface area (Å²) in [6.45, 7) is 4.16. The summed E-state index contributed by atoms with van der Waals surface area (Å²) in [4.78, 5) is 26.7. The summed E-state index contributed by atoms with van der Waals surface area (Å²) < 4.78 is 11.0. The Bertz CT molecular complexity index is 698. The zero-order chi connectivity index (χ0) is 17.9. The van der Waals surface area contributed by atoms with E-state index in [2.05, 4.69) is 16.0 Å². The highest BCUT2D eigenvalue weighted by molar-refractivity contribution is 5.94. The van der Waals surface area contributed by atoms with Gasteiger partial charge in [0.1, 0.15) is 19.3 Å². The molecule has 0 saturated carbocycles. The molecule has 0 spiro atoms. The lowest BCUT2D eigenvalue weighted by molar-refractivity contribution is -0.124. The fourth-order valence-corrected chi connectivity index (χ4v) is 3.45. The molecule has 3 amide bonds. The molecule has 3 aliphatic heterocycles. The maximum absolute atomic E-state index is 12.7. The van der Waals surface area contributed by atoms with E-state index in [4.69, 9.17) is 9.47 Å². The number of likely N-dealkylation sites (tertiary alicyclic amines) is 1. The quantitative estimate of drug-likeness (QED) is 0.711. The lowest BCUT2D eigenvalue weighted by Crippen LogP contribution is -2.52. The number of fused-ring (bicyclic) bond motifs is 1. The maximum atomic E-state index is 12.7. The molecule has 148 valence electrons. The SMILES string of the molecule is Cl.O=C(NCC1CNC1)[C@@H]1CCCN1C(=O)Nc1ccc2c(c1)OCCO2.